The minimum absolute atomic E-state index is 0.301. The van der Waals surface area contributed by atoms with Gasteiger partial charge in [-0.05, 0) is 49.7 Å². The van der Waals surface area contributed by atoms with Gasteiger partial charge in [0, 0.05) is 11.8 Å². The number of nitrogens with zero attached hydrogens (tertiary/aromatic N) is 2. The molecule has 134 valence electrons. The van der Waals surface area contributed by atoms with Crippen molar-refractivity contribution in [3.05, 3.63) is 77.8 Å². The average molecular weight is 359 g/mol. The van der Waals surface area contributed by atoms with Crippen molar-refractivity contribution in [3.63, 3.8) is 0 Å². The number of nitrogens with one attached hydrogen (secondary N) is 1. The Morgan fingerprint density at radius 1 is 1.00 bits per heavy atom. The summed E-state index contributed by atoms with van der Waals surface area (Å²) in [5, 5.41) is 2.78. The second-order valence-corrected chi connectivity index (χ2v) is 6.27. The lowest BCUT2D eigenvalue weighted by Crippen LogP contribution is -2.13. The first kappa shape index (κ1) is 16.8. The van der Waals surface area contributed by atoms with Crippen molar-refractivity contribution in [1.82, 2.24) is 9.97 Å². The van der Waals surface area contributed by atoms with E-state index in [4.69, 9.17) is 9.15 Å². The summed E-state index contributed by atoms with van der Waals surface area (Å²) in [5.74, 6) is 1.25. The Hall–Kier alpha value is -3.67. The molecule has 0 aliphatic heterocycles. The number of rotatable bonds is 4. The van der Waals surface area contributed by atoms with Crippen LogP contribution >= 0.6 is 0 Å². The van der Waals surface area contributed by atoms with Crippen LogP contribution in [0, 0.1) is 13.8 Å². The van der Waals surface area contributed by atoms with Crippen LogP contribution in [0.2, 0.25) is 0 Å². The van der Waals surface area contributed by atoms with E-state index in [9.17, 15) is 4.79 Å². The molecule has 2 aromatic carbocycles. The Bertz CT molecular complexity index is 1100. The molecular weight excluding hydrogens is 342 g/mol. The molecule has 0 unspecified atom stereocenters. The molecule has 6 nitrogen and oxygen atoms in total. The van der Waals surface area contributed by atoms with Crippen LogP contribution in [0.5, 0.6) is 11.5 Å². The van der Waals surface area contributed by atoms with Crippen molar-refractivity contribution >= 4 is 22.8 Å². The fraction of sp³-hybridized carbons (Fsp3) is 0.0952. The Kier molecular flexibility index (Phi) is 4.30. The molecule has 4 rings (SSSR count). The summed E-state index contributed by atoms with van der Waals surface area (Å²) in [6.07, 6.45) is 3.03. The molecular formula is C21H17N3O3. The van der Waals surface area contributed by atoms with E-state index >= 15 is 0 Å². The van der Waals surface area contributed by atoms with E-state index in [0.29, 0.717) is 34.0 Å². The quantitative estimate of drug-likeness (QED) is 0.562. The zero-order valence-electron chi connectivity index (χ0n) is 14.9. The second-order valence-electron chi connectivity index (χ2n) is 6.27. The van der Waals surface area contributed by atoms with Gasteiger partial charge in [0.15, 0.2) is 17.7 Å². The minimum Gasteiger partial charge on any atom is -0.453 e. The summed E-state index contributed by atoms with van der Waals surface area (Å²) in [6.45, 7) is 3.94. The summed E-state index contributed by atoms with van der Waals surface area (Å²) >= 11 is 0. The number of carbonyl (C=O) groups excluding carboxylic acids is 1. The molecule has 2 aromatic heterocycles. The van der Waals surface area contributed by atoms with E-state index in [1.54, 1.807) is 24.4 Å². The maximum Gasteiger partial charge on any atom is 0.257 e. The number of aromatic nitrogens is 2. The maximum atomic E-state index is 12.6. The van der Waals surface area contributed by atoms with Gasteiger partial charge in [-0.1, -0.05) is 23.8 Å². The molecule has 0 spiro atoms. The molecule has 6 heteroatoms. The van der Waals surface area contributed by atoms with Crippen LogP contribution in [0.3, 0.4) is 0 Å². The van der Waals surface area contributed by atoms with Crippen LogP contribution in [0.4, 0.5) is 5.82 Å². The SMILES string of the molecule is Cc1ccc(Oc2cc(C(=O)Nc3ccc(C)cn3)cc3ncoc23)cc1. The normalized spacial score (nSPS) is 10.7. The van der Waals surface area contributed by atoms with Gasteiger partial charge in [0.1, 0.15) is 17.1 Å². The number of aryl methyl sites for hydroxylation is 2. The topological polar surface area (TPSA) is 77.2 Å². The number of oxazole rings is 1. The average Bonchev–Trinajstić information content (AvgIpc) is 3.14. The van der Waals surface area contributed by atoms with Gasteiger partial charge >= 0.3 is 0 Å². The van der Waals surface area contributed by atoms with Crippen molar-refractivity contribution in [1.29, 1.82) is 0 Å². The fourth-order valence-corrected chi connectivity index (χ4v) is 2.61. The summed E-state index contributed by atoms with van der Waals surface area (Å²) in [6, 6.07) is 14.6. The number of fused-ring (bicyclic) bond motifs is 1. The predicted molar refractivity (Wildman–Crippen MR) is 102 cm³/mol. The van der Waals surface area contributed by atoms with Crippen molar-refractivity contribution in [2.75, 3.05) is 5.32 Å². The van der Waals surface area contributed by atoms with Gasteiger partial charge in [-0.2, -0.15) is 0 Å². The van der Waals surface area contributed by atoms with Crippen LogP contribution in [-0.2, 0) is 0 Å². The largest absolute Gasteiger partial charge is 0.453 e. The van der Waals surface area contributed by atoms with E-state index in [1.807, 2.05) is 44.2 Å². The number of hydrogen-bond acceptors (Lipinski definition) is 5. The summed E-state index contributed by atoms with van der Waals surface area (Å²) in [7, 11) is 0. The molecule has 1 amide bonds. The number of anilines is 1. The third kappa shape index (κ3) is 3.64. The van der Waals surface area contributed by atoms with Gasteiger partial charge < -0.3 is 14.5 Å². The number of carbonyl (C=O) groups is 1. The molecule has 2 heterocycles. The number of pyridine rings is 1. The third-order valence-electron chi connectivity index (χ3n) is 4.06. The first-order valence-electron chi connectivity index (χ1n) is 8.44. The third-order valence-corrected chi connectivity index (χ3v) is 4.06. The van der Waals surface area contributed by atoms with Crippen LogP contribution in [-0.4, -0.2) is 15.9 Å². The fourth-order valence-electron chi connectivity index (χ4n) is 2.61. The molecule has 0 aliphatic rings. The van der Waals surface area contributed by atoms with Crippen molar-refractivity contribution < 1.29 is 13.9 Å². The zero-order valence-corrected chi connectivity index (χ0v) is 14.9. The molecule has 0 radical (unpaired) electrons. The van der Waals surface area contributed by atoms with E-state index in [1.165, 1.54) is 6.39 Å². The maximum absolute atomic E-state index is 12.6. The van der Waals surface area contributed by atoms with Crippen LogP contribution < -0.4 is 10.1 Å². The molecule has 4 aromatic rings. The van der Waals surface area contributed by atoms with Gasteiger partial charge in [0.25, 0.3) is 5.91 Å². The van der Waals surface area contributed by atoms with Gasteiger partial charge in [-0.3, -0.25) is 4.79 Å². The van der Waals surface area contributed by atoms with E-state index in [0.717, 1.165) is 11.1 Å². The Balaban J connectivity index is 1.66. The number of benzene rings is 2. The lowest BCUT2D eigenvalue weighted by Gasteiger charge is -2.09. The smallest absolute Gasteiger partial charge is 0.257 e. The van der Waals surface area contributed by atoms with E-state index < -0.39 is 0 Å². The van der Waals surface area contributed by atoms with Crippen LogP contribution in [0.25, 0.3) is 11.1 Å². The van der Waals surface area contributed by atoms with Crippen molar-refractivity contribution in [2.24, 2.45) is 0 Å². The molecule has 0 saturated carbocycles. The van der Waals surface area contributed by atoms with Gasteiger partial charge in [-0.25, -0.2) is 9.97 Å². The predicted octanol–water partition coefficient (Wildman–Crippen LogP) is 4.88. The molecule has 0 saturated heterocycles. The molecule has 1 N–H and O–H groups in total. The van der Waals surface area contributed by atoms with Crippen molar-refractivity contribution in [3.8, 4) is 11.5 Å². The molecule has 0 fully saturated rings. The lowest BCUT2D eigenvalue weighted by atomic mass is 10.1. The van der Waals surface area contributed by atoms with Crippen LogP contribution in [0.1, 0.15) is 21.5 Å². The number of amides is 1. The van der Waals surface area contributed by atoms with Gasteiger partial charge in [0.05, 0.1) is 0 Å². The van der Waals surface area contributed by atoms with E-state index in [2.05, 4.69) is 15.3 Å². The van der Waals surface area contributed by atoms with Gasteiger partial charge in [0.2, 0.25) is 0 Å². The highest BCUT2D eigenvalue weighted by atomic mass is 16.5. The molecule has 0 atom stereocenters. The Morgan fingerprint density at radius 3 is 2.52 bits per heavy atom. The Morgan fingerprint density at radius 2 is 1.78 bits per heavy atom. The highest BCUT2D eigenvalue weighted by Gasteiger charge is 2.15. The second kappa shape index (κ2) is 6.92. The highest BCUT2D eigenvalue weighted by molar-refractivity contribution is 6.06. The molecule has 27 heavy (non-hydrogen) atoms. The Labute approximate surface area is 155 Å². The lowest BCUT2D eigenvalue weighted by molar-refractivity contribution is 0.102. The summed E-state index contributed by atoms with van der Waals surface area (Å²) in [4.78, 5) is 21.0. The summed E-state index contributed by atoms with van der Waals surface area (Å²) < 4.78 is 11.4. The van der Waals surface area contributed by atoms with Crippen LogP contribution in [0.15, 0.2) is 65.5 Å². The highest BCUT2D eigenvalue weighted by Crippen LogP contribution is 2.31. The van der Waals surface area contributed by atoms with Crippen molar-refractivity contribution in [2.45, 2.75) is 13.8 Å². The monoisotopic (exact) mass is 359 g/mol. The standard InChI is InChI=1S/C21H17N3O3/c1-13-3-6-16(7-4-13)27-18-10-15(9-17-20(18)26-12-23-17)21(25)24-19-8-5-14(2)11-22-19/h3-12H,1-2H3,(H,22,24,25). The minimum atomic E-state index is -0.301. The number of ether oxygens (including phenoxy) is 1. The first-order valence-corrected chi connectivity index (χ1v) is 8.44. The molecule has 0 aliphatic carbocycles. The molecule has 0 bridgehead atoms. The number of hydrogen-bond donors (Lipinski definition) is 1. The summed E-state index contributed by atoms with van der Waals surface area (Å²) in [5.41, 5.74) is 3.58. The first-order chi connectivity index (χ1) is 13.1. The van der Waals surface area contributed by atoms with E-state index in [-0.39, 0.29) is 5.91 Å². The van der Waals surface area contributed by atoms with Gasteiger partial charge in [-0.15, -0.1) is 0 Å². The zero-order chi connectivity index (χ0) is 18.8.